The van der Waals surface area contributed by atoms with Gasteiger partial charge in [0.05, 0.1) is 11.2 Å². The third-order valence-electron chi connectivity index (χ3n) is 6.83. The first-order valence-electron chi connectivity index (χ1n) is 12.7. The van der Waals surface area contributed by atoms with Gasteiger partial charge in [0, 0.05) is 17.2 Å². The summed E-state index contributed by atoms with van der Waals surface area (Å²) < 4.78 is 5.97. The lowest BCUT2D eigenvalue weighted by molar-refractivity contribution is -0.147. The van der Waals surface area contributed by atoms with E-state index in [0.717, 1.165) is 11.1 Å². The highest BCUT2D eigenvalue weighted by Gasteiger charge is 2.51. The smallest absolute Gasteiger partial charge is 0.431 e. The van der Waals surface area contributed by atoms with Crippen LogP contribution in [0, 0.1) is 0 Å². The topological polar surface area (TPSA) is 141 Å². The van der Waals surface area contributed by atoms with E-state index in [0.29, 0.717) is 33.6 Å². The van der Waals surface area contributed by atoms with Crippen LogP contribution in [0.25, 0.3) is 0 Å². The number of carbonyl (C=O) groups excluding carboxylic acids is 2. The normalized spacial score (nSPS) is 21.6. The van der Waals surface area contributed by atoms with Crippen molar-refractivity contribution in [1.82, 2.24) is 20.5 Å². The molecule has 210 valence electrons. The number of nitrogens with one attached hydrogen (secondary N) is 1. The number of β-lactam (4-membered cyclic amide) rings is 1. The van der Waals surface area contributed by atoms with Gasteiger partial charge in [-0.05, 0) is 29.7 Å². The Morgan fingerprint density at radius 2 is 1.83 bits per heavy atom. The summed E-state index contributed by atoms with van der Waals surface area (Å²) in [5.74, 6) is -0.283. The Labute approximate surface area is 244 Å². The first-order valence-corrected chi connectivity index (χ1v) is 14.8. The van der Waals surface area contributed by atoms with Crippen LogP contribution in [-0.4, -0.2) is 66.6 Å². The highest BCUT2D eigenvalue weighted by Crippen LogP contribution is 2.41. The summed E-state index contributed by atoms with van der Waals surface area (Å²) in [5, 5.41) is 13.1. The molecule has 0 radical (unpaired) electrons. The zero-order chi connectivity index (χ0) is 28.7. The van der Waals surface area contributed by atoms with E-state index in [1.807, 2.05) is 73.7 Å². The molecule has 4 aliphatic heterocycles. The number of aliphatic carboxylic acids is 1. The highest BCUT2D eigenvalue weighted by molar-refractivity contribution is 8.03. The molecule has 0 bridgehead atoms. The number of thioether (sulfide) groups is 2. The molecule has 0 unspecified atom stereocenters. The number of allylic oxidation sites excluding steroid dienone is 1. The fraction of sp³-hybridized carbons (Fsp3) is 0.214. The van der Waals surface area contributed by atoms with Gasteiger partial charge >= 0.3 is 12.1 Å². The molecule has 0 saturated carbocycles. The van der Waals surface area contributed by atoms with Crippen molar-refractivity contribution in [3.05, 3.63) is 106 Å². The van der Waals surface area contributed by atoms with Crippen LogP contribution in [0.1, 0.15) is 24.2 Å². The Kier molecular flexibility index (Phi) is 7.34. The van der Waals surface area contributed by atoms with Crippen LogP contribution < -0.4 is 11.3 Å². The minimum atomic E-state index is -1.15. The molecule has 1 saturated heterocycles. The molecule has 2 atom stereocenters. The van der Waals surface area contributed by atoms with Crippen molar-refractivity contribution in [3.8, 4) is 0 Å². The number of hydrazine groups is 2. The van der Waals surface area contributed by atoms with Gasteiger partial charge in [-0.3, -0.25) is 9.69 Å². The third kappa shape index (κ3) is 5.12. The molecule has 41 heavy (non-hydrogen) atoms. The maximum Gasteiger partial charge on any atom is 0.431 e. The number of rotatable bonds is 7. The number of benzene rings is 2. The molecule has 1 fully saturated rings. The number of ether oxygens (including phenoxy) is 1. The number of carboxylic acids is 1. The lowest BCUT2D eigenvalue weighted by Gasteiger charge is -2.48. The maximum atomic E-state index is 13.4. The number of hydrogen-bond donors (Lipinski definition) is 3. The summed E-state index contributed by atoms with van der Waals surface area (Å²) in [6.07, 6.45) is 2.14. The zero-order valence-corrected chi connectivity index (χ0v) is 23.5. The second-order valence-corrected chi connectivity index (χ2v) is 11.7. The van der Waals surface area contributed by atoms with E-state index in [1.165, 1.54) is 33.4 Å². The molecule has 4 N–H and O–H groups in total. The van der Waals surface area contributed by atoms with Crippen LogP contribution in [0.2, 0.25) is 0 Å². The van der Waals surface area contributed by atoms with E-state index in [-0.39, 0.29) is 17.0 Å². The predicted molar refractivity (Wildman–Crippen MR) is 155 cm³/mol. The van der Waals surface area contributed by atoms with Gasteiger partial charge in [-0.25, -0.2) is 19.6 Å². The molecule has 4 aliphatic rings. The Bertz CT molecular complexity index is 1490. The van der Waals surface area contributed by atoms with Gasteiger partial charge < -0.3 is 15.6 Å². The number of carboxylic acid groups (broad SMARTS) is 1. The first-order chi connectivity index (χ1) is 19.8. The molecule has 4 heterocycles. The molecule has 6 rings (SSSR count). The van der Waals surface area contributed by atoms with E-state index < -0.39 is 24.2 Å². The Morgan fingerprint density at radius 1 is 1.17 bits per heavy atom. The van der Waals surface area contributed by atoms with Crippen LogP contribution in [0.4, 0.5) is 4.79 Å². The van der Waals surface area contributed by atoms with E-state index in [4.69, 9.17) is 10.5 Å². The quantitative estimate of drug-likeness (QED) is 0.411. The van der Waals surface area contributed by atoms with Crippen molar-refractivity contribution in [2.24, 2.45) is 10.7 Å². The van der Waals surface area contributed by atoms with Crippen molar-refractivity contribution < 1.29 is 24.2 Å². The molecule has 13 heteroatoms. The summed E-state index contributed by atoms with van der Waals surface area (Å²) in [4.78, 5) is 43.5. The van der Waals surface area contributed by atoms with Crippen LogP contribution in [-0.2, 0) is 14.3 Å². The number of amides is 2. The molecule has 2 aromatic rings. The Hall–Kier alpha value is -4.04. The summed E-state index contributed by atoms with van der Waals surface area (Å²) in [7, 11) is 0. The van der Waals surface area contributed by atoms with Crippen molar-refractivity contribution in [2.75, 3.05) is 11.5 Å². The van der Waals surface area contributed by atoms with Gasteiger partial charge in [0.1, 0.15) is 17.1 Å². The SMILES string of the molecule is CC1=NC2=CN(C(=O)OC(c3ccccc3)c3ccccc3)NN2C(SCC2=C(C(=O)O)N3C(=O)[C@@H](N)[C@H]3SC2)=C1. The lowest BCUT2D eigenvalue weighted by Crippen LogP contribution is -2.68. The van der Waals surface area contributed by atoms with Crippen LogP contribution in [0.15, 0.2) is 100 Å². The number of carbonyl (C=O) groups is 3. The number of aliphatic imine (C=N–C) groups is 1. The molecule has 2 aromatic carbocycles. The highest BCUT2D eigenvalue weighted by atomic mass is 32.2. The monoisotopic (exact) mass is 590 g/mol. The van der Waals surface area contributed by atoms with E-state index >= 15 is 0 Å². The van der Waals surface area contributed by atoms with Crippen LogP contribution in [0.5, 0.6) is 0 Å². The van der Waals surface area contributed by atoms with Gasteiger partial charge in [-0.1, -0.05) is 60.7 Å². The standard InChI is InChI=1S/C28H26N6O5S2/c1-16-12-21(40-14-19-15-41-26-22(29)25(35)33(26)23(19)27(36)37)34-20(30-16)13-32(31-34)28(38)39-24(17-8-4-2-5-9-17)18-10-6-3-7-11-18/h2-13,22,24,26,31H,14-15,29H2,1H3,(H,36,37)/t22-,26-/m1/s1. The predicted octanol–water partition coefficient (Wildman–Crippen LogP) is 3.38. The van der Waals surface area contributed by atoms with E-state index in [1.54, 1.807) is 11.2 Å². The average Bonchev–Trinajstić information content (AvgIpc) is 3.42. The molecule has 11 nitrogen and oxygen atoms in total. The summed E-state index contributed by atoms with van der Waals surface area (Å²) in [6.45, 7) is 1.84. The minimum absolute atomic E-state index is 0.00188. The number of fused-ring (bicyclic) bond motifs is 2. The summed E-state index contributed by atoms with van der Waals surface area (Å²) in [5.41, 5.74) is 11.9. The second kappa shape index (κ2) is 11.1. The summed E-state index contributed by atoms with van der Waals surface area (Å²) in [6, 6.07) is 18.3. The average molecular weight is 591 g/mol. The summed E-state index contributed by atoms with van der Waals surface area (Å²) >= 11 is 2.84. The lowest BCUT2D eigenvalue weighted by atomic mass is 10.0. The zero-order valence-electron chi connectivity index (χ0n) is 21.8. The van der Waals surface area contributed by atoms with Crippen molar-refractivity contribution in [2.45, 2.75) is 24.4 Å². The van der Waals surface area contributed by atoms with Crippen LogP contribution >= 0.6 is 23.5 Å². The fourth-order valence-electron chi connectivity index (χ4n) is 4.85. The first kappa shape index (κ1) is 27.1. The van der Waals surface area contributed by atoms with Gasteiger partial charge in [-0.2, -0.15) is 5.01 Å². The second-order valence-electron chi connectivity index (χ2n) is 9.60. The maximum absolute atomic E-state index is 13.4. The third-order valence-corrected chi connectivity index (χ3v) is 9.28. The Morgan fingerprint density at radius 3 is 2.46 bits per heavy atom. The molecular formula is C28H26N6O5S2. The number of hydrogen-bond acceptors (Lipinski definition) is 10. The van der Waals surface area contributed by atoms with Gasteiger partial charge in [0.25, 0.3) is 0 Å². The molecule has 0 spiro atoms. The Balaban J connectivity index is 1.18. The van der Waals surface area contributed by atoms with Gasteiger partial charge in [0.2, 0.25) is 5.91 Å². The van der Waals surface area contributed by atoms with Crippen LogP contribution in [0.3, 0.4) is 0 Å². The van der Waals surface area contributed by atoms with Crippen molar-refractivity contribution in [3.63, 3.8) is 0 Å². The number of nitrogens with zero attached hydrogens (tertiary/aromatic N) is 4. The van der Waals surface area contributed by atoms with Crippen molar-refractivity contribution in [1.29, 1.82) is 0 Å². The molecule has 0 aromatic heterocycles. The van der Waals surface area contributed by atoms with Gasteiger partial charge in [-0.15, -0.1) is 29.1 Å². The molecule has 0 aliphatic carbocycles. The fourth-order valence-corrected chi connectivity index (χ4v) is 7.35. The number of nitrogens with two attached hydrogens (primary N) is 1. The minimum Gasteiger partial charge on any atom is -0.477 e. The van der Waals surface area contributed by atoms with E-state index in [9.17, 15) is 19.5 Å². The van der Waals surface area contributed by atoms with Crippen molar-refractivity contribution >= 4 is 47.2 Å². The van der Waals surface area contributed by atoms with E-state index in [2.05, 4.69) is 10.5 Å². The molecular weight excluding hydrogens is 564 g/mol. The largest absolute Gasteiger partial charge is 0.477 e. The molecule has 2 amide bonds. The van der Waals surface area contributed by atoms with Gasteiger partial charge in [0.15, 0.2) is 11.9 Å².